The molecule has 1 rings (SSSR count). The van der Waals surface area contributed by atoms with Crippen molar-refractivity contribution in [3.63, 3.8) is 0 Å². The van der Waals surface area contributed by atoms with E-state index in [1.807, 2.05) is 0 Å². The van der Waals surface area contributed by atoms with E-state index >= 15 is 0 Å². The molecule has 1 aliphatic rings. The molecule has 0 aromatic heterocycles. The SMILES string of the molecule is CCC(CCBr)CNS(=O)(=O)CC1CCCO1. The van der Waals surface area contributed by atoms with Gasteiger partial charge in [-0.2, -0.15) is 0 Å². The highest BCUT2D eigenvalue weighted by Gasteiger charge is 2.23. The van der Waals surface area contributed by atoms with Crippen molar-refractivity contribution in [2.24, 2.45) is 5.92 Å². The van der Waals surface area contributed by atoms with Crippen LogP contribution < -0.4 is 4.72 Å². The Bertz CT molecular complexity index is 302. The van der Waals surface area contributed by atoms with E-state index in [9.17, 15) is 8.42 Å². The van der Waals surface area contributed by atoms with E-state index in [-0.39, 0.29) is 11.9 Å². The molecule has 0 aliphatic carbocycles. The number of halogens is 1. The second-order valence-corrected chi connectivity index (χ2v) is 7.16. The van der Waals surface area contributed by atoms with Crippen LogP contribution in [0.3, 0.4) is 0 Å². The Morgan fingerprint density at radius 1 is 1.53 bits per heavy atom. The Hall–Kier alpha value is 0.350. The maximum Gasteiger partial charge on any atom is 0.214 e. The maximum atomic E-state index is 11.8. The maximum absolute atomic E-state index is 11.8. The smallest absolute Gasteiger partial charge is 0.214 e. The molecule has 1 aliphatic heterocycles. The molecule has 2 atom stereocenters. The first-order valence-electron chi connectivity index (χ1n) is 6.22. The molecule has 0 spiro atoms. The van der Waals surface area contributed by atoms with Gasteiger partial charge in [-0.25, -0.2) is 13.1 Å². The molecule has 102 valence electrons. The molecular formula is C11H22BrNO3S. The lowest BCUT2D eigenvalue weighted by Crippen LogP contribution is -2.35. The van der Waals surface area contributed by atoms with Crippen LogP contribution >= 0.6 is 15.9 Å². The fraction of sp³-hybridized carbons (Fsp3) is 1.00. The van der Waals surface area contributed by atoms with E-state index in [0.717, 1.165) is 31.0 Å². The second-order valence-electron chi connectivity index (χ2n) is 4.52. The summed E-state index contributed by atoms with van der Waals surface area (Å²) in [6.45, 7) is 3.32. The fourth-order valence-corrected chi connectivity index (χ4v) is 3.94. The summed E-state index contributed by atoms with van der Waals surface area (Å²) in [6.07, 6.45) is 3.72. The first-order valence-corrected chi connectivity index (χ1v) is 8.99. The summed E-state index contributed by atoms with van der Waals surface area (Å²) in [4.78, 5) is 0. The van der Waals surface area contributed by atoms with Crippen molar-refractivity contribution in [3.8, 4) is 0 Å². The van der Waals surface area contributed by atoms with E-state index in [1.165, 1.54) is 0 Å². The van der Waals surface area contributed by atoms with E-state index < -0.39 is 10.0 Å². The van der Waals surface area contributed by atoms with Crippen LogP contribution in [0.1, 0.15) is 32.6 Å². The van der Waals surface area contributed by atoms with Gasteiger partial charge >= 0.3 is 0 Å². The van der Waals surface area contributed by atoms with Crippen molar-refractivity contribution in [3.05, 3.63) is 0 Å². The van der Waals surface area contributed by atoms with Gasteiger partial charge in [0.2, 0.25) is 10.0 Å². The third-order valence-electron chi connectivity index (χ3n) is 3.12. The molecule has 0 radical (unpaired) electrons. The molecule has 0 aromatic rings. The minimum Gasteiger partial charge on any atom is -0.377 e. The highest BCUT2D eigenvalue weighted by atomic mass is 79.9. The lowest BCUT2D eigenvalue weighted by atomic mass is 10.0. The molecule has 1 fully saturated rings. The fourth-order valence-electron chi connectivity index (χ4n) is 1.93. The van der Waals surface area contributed by atoms with Gasteiger partial charge < -0.3 is 4.74 Å². The lowest BCUT2D eigenvalue weighted by molar-refractivity contribution is 0.127. The third kappa shape index (κ3) is 6.18. The number of nitrogens with one attached hydrogen (secondary N) is 1. The van der Waals surface area contributed by atoms with Crippen LogP contribution in [0.5, 0.6) is 0 Å². The van der Waals surface area contributed by atoms with Crippen molar-refractivity contribution >= 4 is 26.0 Å². The topological polar surface area (TPSA) is 55.4 Å². The first-order chi connectivity index (χ1) is 8.07. The Morgan fingerprint density at radius 3 is 2.82 bits per heavy atom. The van der Waals surface area contributed by atoms with Gasteiger partial charge in [0, 0.05) is 18.5 Å². The van der Waals surface area contributed by atoms with Crippen molar-refractivity contribution in [2.45, 2.75) is 38.7 Å². The lowest BCUT2D eigenvalue weighted by Gasteiger charge is -2.16. The Morgan fingerprint density at radius 2 is 2.29 bits per heavy atom. The monoisotopic (exact) mass is 327 g/mol. The van der Waals surface area contributed by atoms with Gasteiger partial charge in [0.1, 0.15) is 0 Å². The molecule has 0 amide bonds. The number of rotatable bonds is 8. The van der Waals surface area contributed by atoms with Crippen molar-refractivity contribution in [2.75, 3.05) is 24.2 Å². The van der Waals surface area contributed by atoms with Gasteiger partial charge in [0.25, 0.3) is 0 Å². The van der Waals surface area contributed by atoms with Crippen LogP contribution in [0.15, 0.2) is 0 Å². The summed E-state index contributed by atoms with van der Waals surface area (Å²) < 4.78 is 31.7. The molecule has 0 bridgehead atoms. The number of alkyl halides is 1. The molecule has 2 unspecified atom stereocenters. The zero-order chi connectivity index (χ0) is 12.7. The average Bonchev–Trinajstić information content (AvgIpc) is 2.76. The van der Waals surface area contributed by atoms with E-state index in [2.05, 4.69) is 27.6 Å². The van der Waals surface area contributed by atoms with Gasteiger partial charge in [-0.15, -0.1) is 0 Å². The van der Waals surface area contributed by atoms with Crippen molar-refractivity contribution in [1.29, 1.82) is 0 Å². The first kappa shape index (κ1) is 15.4. The van der Waals surface area contributed by atoms with Crippen LogP contribution in [-0.2, 0) is 14.8 Å². The summed E-state index contributed by atoms with van der Waals surface area (Å²) in [6, 6.07) is 0. The molecule has 1 saturated heterocycles. The quantitative estimate of drug-likeness (QED) is 0.693. The highest BCUT2D eigenvalue weighted by molar-refractivity contribution is 9.09. The second kappa shape index (κ2) is 7.71. The summed E-state index contributed by atoms with van der Waals surface area (Å²) in [5.74, 6) is 0.520. The van der Waals surface area contributed by atoms with Gasteiger partial charge in [-0.1, -0.05) is 29.3 Å². The molecule has 0 aromatic carbocycles. The van der Waals surface area contributed by atoms with Crippen LogP contribution in [0.2, 0.25) is 0 Å². The standard InChI is InChI=1S/C11H22BrNO3S/c1-2-10(5-6-12)8-13-17(14,15)9-11-4-3-7-16-11/h10-11,13H,2-9H2,1H3. The Labute approximate surface area is 113 Å². The van der Waals surface area contributed by atoms with E-state index in [0.29, 0.717) is 19.1 Å². The number of hydrogen-bond acceptors (Lipinski definition) is 3. The average molecular weight is 328 g/mol. The third-order valence-corrected chi connectivity index (χ3v) is 4.99. The predicted molar refractivity (Wildman–Crippen MR) is 73.0 cm³/mol. The van der Waals surface area contributed by atoms with Crippen LogP contribution in [0.25, 0.3) is 0 Å². The van der Waals surface area contributed by atoms with E-state index in [4.69, 9.17) is 4.74 Å². The molecule has 6 heteroatoms. The Balaban J connectivity index is 2.32. The summed E-state index contributed by atoms with van der Waals surface area (Å²) in [7, 11) is -3.18. The summed E-state index contributed by atoms with van der Waals surface area (Å²) >= 11 is 3.38. The van der Waals surface area contributed by atoms with Gasteiger partial charge in [-0.05, 0) is 25.2 Å². The van der Waals surface area contributed by atoms with Crippen LogP contribution in [-0.4, -0.2) is 38.8 Å². The number of hydrogen-bond donors (Lipinski definition) is 1. The molecule has 4 nitrogen and oxygen atoms in total. The van der Waals surface area contributed by atoms with Gasteiger partial charge in [0.05, 0.1) is 11.9 Å². The molecule has 1 heterocycles. The highest BCUT2D eigenvalue weighted by Crippen LogP contribution is 2.14. The Kier molecular flexibility index (Phi) is 6.99. The largest absolute Gasteiger partial charge is 0.377 e. The molecule has 1 N–H and O–H groups in total. The minimum absolute atomic E-state index is 0.108. The van der Waals surface area contributed by atoms with Crippen molar-refractivity contribution < 1.29 is 13.2 Å². The van der Waals surface area contributed by atoms with Crippen LogP contribution in [0.4, 0.5) is 0 Å². The van der Waals surface area contributed by atoms with E-state index in [1.54, 1.807) is 0 Å². The van der Waals surface area contributed by atoms with Gasteiger partial charge in [-0.3, -0.25) is 0 Å². The zero-order valence-electron chi connectivity index (χ0n) is 10.3. The molecule has 17 heavy (non-hydrogen) atoms. The molecular weight excluding hydrogens is 306 g/mol. The predicted octanol–water partition coefficient (Wildman–Crippen LogP) is 1.90. The zero-order valence-corrected chi connectivity index (χ0v) is 12.7. The summed E-state index contributed by atoms with van der Waals surface area (Å²) in [5, 5.41) is 0.916. The van der Waals surface area contributed by atoms with Gasteiger partial charge in [0.15, 0.2) is 0 Å². The van der Waals surface area contributed by atoms with Crippen molar-refractivity contribution in [1.82, 2.24) is 4.72 Å². The minimum atomic E-state index is -3.18. The van der Waals surface area contributed by atoms with Crippen LogP contribution in [0, 0.1) is 5.92 Å². The number of ether oxygens (including phenoxy) is 1. The molecule has 0 saturated carbocycles. The number of sulfonamides is 1. The summed E-state index contributed by atoms with van der Waals surface area (Å²) in [5.41, 5.74) is 0. The normalized spacial score (nSPS) is 22.8.